The molecular formula is C20H22N2O3. The second-order valence-electron chi connectivity index (χ2n) is 5.91. The van der Waals surface area contributed by atoms with E-state index in [1.54, 1.807) is 12.4 Å². The molecule has 1 N–H and O–H groups in total. The van der Waals surface area contributed by atoms with E-state index in [1.165, 1.54) is 0 Å². The van der Waals surface area contributed by atoms with E-state index in [0.29, 0.717) is 19.4 Å². The zero-order chi connectivity index (χ0) is 17.6. The minimum absolute atomic E-state index is 0.0122. The fourth-order valence-electron chi connectivity index (χ4n) is 2.73. The van der Waals surface area contributed by atoms with Gasteiger partial charge < -0.3 is 14.5 Å². The summed E-state index contributed by atoms with van der Waals surface area (Å²) in [6.07, 6.45) is 4.59. The van der Waals surface area contributed by atoms with Gasteiger partial charge in [-0.05, 0) is 44.0 Å². The smallest absolute Gasteiger partial charge is 0.220 e. The first-order chi connectivity index (χ1) is 12.2. The van der Waals surface area contributed by atoms with Gasteiger partial charge in [-0.25, -0.2) is 0 Å². The van der Waals surface area contributed by atoms with Gasteiger partial charge in [0.05, 0.1) is 12.6 Å². The lowest BCUT2D eigenvalue weighted by Gasteiger charge is -2.11. The fraction of sp³-hybridized carbons (Fsp3) is 0.300. The van der Waals surface area contributed by atoms with E-state index in [1.807, 2.05) is 50.2 Å². The van der Waals surface area contributed by atoms with Gasteiger partial charge in [-0.1, -0.05) is 18.2 Å². The normalized spacial score (nSPS) is 12.1. The van der Waals surface area contributed by atoms with Crippen molar-refractivity contribution in [2.75, 3.05) is 6.61 Å². The van der Waals surface area contributed by atoms with Gasteiger partial charge in [0.15, 0.2) is 11.3 Å². The number of carbonyl (C=O) groups is 1. The number of amides is 1. The van der Waals surface area contributed by atoms with E-state index in [0.717, 1.165) is 28.0 Å². The molecule has 0 saturated heterocycles. The second-order valence-corrected chi connectivity index (χ2v) is 5.91. The minimum atomic E-state index is -0.205. The van der Waals surface area contributed by atoms with E-state index >= 15 is 0 Å². The molecule has 0 saturated carbocycles. The highest BCUT2D eigenvalue weighted by Gasteiger charge is 2.16. The molecule has 3 rings (SSSR count). The van der Waals surface area contributed by atoms with E-state index < -0.39 is 0 Å². The lowest BCUT2D eigenvalue weighted by atomic mass is 10.1. The summed E-state index contributed by atoms with van der Waals surface area (Å²) in [6, 6.07) is 11.4. The van der Waals surface area contributed by atoms with Gasteiger partial charge in [0.2, 0.25) is 5.91 Å². The Labute approximate surface area is 147 Å². The molecule has 1 amide bonds. The van der Waals surface area contributed by atoms with Crippen LogP contribution in [0.3, 0.4) is 0 Å². The monoisotopic (exact) mass is 338 g/mol. The van der Waals surface area contributed by atoms with Crippen molar-refractivity contribution in [3.63, 3.8) is 0 Å². The predicted molar refractivity (Wildman–Crippen MR) is 96.5 cm³/mol. The van der Waals surface area contributed by atoms with Crippen LogP contribution in [0.15, 0.2) is 53.2 Å². The first-order valence-electron chi connectivity index (χ1n) is 8.51. The van der Waals surface area contributed by atoms with Gasteiger partial charge >= 0.3 is 0 Å². The number of fused-ring (bicyclic) bond motifs is 1. The van der Waals surface area contributed by atoms with Crippen LogP contribution in [0.4, 0.5) is 0 Å². The topological polar surface area (TPSA) is 64.4 Å². The highest BCUT2D eigenvalue weighted by molar-refractivity contribution is 5.84. The molecule has 0 bridgehead atoms. The van der Waals surface area contributed by atoms with Gasteiger partial charge in [-0.3, -0.25) is 9.78 Å². The molecule has 2 aromatic heterocycles. The molecule has 5 heteroatoms. The summed E-state index contributed by atoms with van der Waals surface area (Å²) < 4.78 is 11.5. The van der Waals surface area contributed by atoms with Crippen LogP contribution in [0.25, 0.3) is 11.0 Å². The number of para-hydroxylation sites is 1. The maximum atomic E-state index is 12.2. The number of carbonyl (C=O) groups excluding carboxylic acids is 1. The number of hydrogen-bond acceptors (Lipinski definition) is 4. The van der Waals surface area contributed by atoms with Crippen LogP contribution in [0.1, 0.15) is 37.6 Å². The zero-order valence-electron chi connectivity index (χ0n) is 14.5. The molecule has 0 radical (unpaired) electrons. The Bertz CT molecular complexity index is 843. The van der Waals surface area contributed by atoms with Crippen molar-refractivity contribution in [1.82, 2.24) is 10.3 Å². The third kappa shape index (κ3) is 4.18. The molecule has 5 nitrogen and oxygen atoms in total. The predicted octanol–water partition coefficient (Wildman–Crippen LogP) is 4.04. The summed E-state index contributed by atoms with van der Waals surface area (Å²) in [6.45, 7) is 4.43. The van der Waals surface area contributed by atoms with Gasteiger partial charge in [0.1, 0.15) is 5.76 Å². The molecule has 0 aliphatic rings. The standard InChI is InChI=1S/C20H22N2O3/c1-3-24-17-8-4-7-16-12-18(25-20(16)17)14(2)22-19(23)10-9-15-6-5-11-21-13-15/h4-8,11-14H,3,9-10H2,1-2H3,(H,22,23). The van der Waals surface area contributed by atoms with Crippen LogP contribution in [-0.4, -0.2) is 17.5 Å². The van der Waals surface area contributed by atoms with Crippen LogP contribution in [0, 0.1) is 0 Å². The number of hydrogen-bond donors (Lipinski definition) is 1. The summed E-state index contributed by atoms with van der Waals surface area (Å²) >= 11 is 0. The molecule has 1 aromatic carbocycles. The SMILES string of the molecule is CCOc1cccc2cc(C(C)NC(=O)CCc3cccnc3)oc12. The largest absolute Gasteiger partial charge is 0.490 e. The van der Waals surface area contributed by atoms with Crippen LogP contribution in [0.5, 0.6) is 5.75 Å². The Balaban J connectivity index is 1.64. The van der Waals surface area contributed by atoms with Gasteiger partial charge in [0, 0.05) is 24.2 Å². The Hall–Kier alpha value is -2.82. The van der Waals surface area contributed by atoms with E-state index in [-0.39, 0.29) is 11.9 Å². The zero-order valence-corrected chi connectivity index (χ0v) is 14.5. The molecule has 1 unspecified atom stereocenters. The molecule has 25 heavy (non-hydrogen) atoms. The first kappa shape index (κ1) is 17.0. The molecule has 0 fully saturated rings. The summed E-state index contributed by atoms with van der Waals surface area (Å²) in [5.74, 6) is 1.43. The summed E-state index contributed by atoms with van der Waals surface area (Å²) in [5.41, 5.74) is 1.77. The van der Waals surface area contributed by atoms with Crippen molar-refractivity contribution in [1.29, 1.82) is 0 Å². The summed E-state index contributed by atoms with van der Waals surface area (Å²) in [5, 5.41) is 3.95. The van der Waals surface area contributed by atoms with Crippen molar-refractivity contribution in [3.8, 4) is 5.75 Å². The molecule has 0 aliphatic carbocycles. The molecule has 3 aromatic rings. The van der Waals surface area contributed by atoms with Crippen LogP contribution >= 0.6 is 0 Å². The maximum Gasteiger partial charge on any atom is 0.220 e. The lowest BCUT2D eigenvalue weighted by Crippen LogP contribution is -2.26. The Kier molecular flexibility index (Phi) is 5.33. The van der Waals surface area contributed by atoms with E-state index in [9.17, 15) is 4.79 Å². The number of aromatic nitrogens is 1. The van der Waals surface area contributed by atoms with Gasteiger partial charge in [-0.15, -0.1) is 0 Å². The van der Waals surface area contributed by atoms with Crippen LogP contribution in [0.2, 0.25) is 0 Å². The number of nitrogens with zero attached hydrogens (tertiary/aromatic N) is 1. The summed E-state index contributed by atoms with van der Waals surface area (Å²) in [4.78, 5) is 16.2. The highest BCUT2D eigenvalue weighted by atomic mass is 16.5. The van der Waals surface area contributed by atoms with Gasteiger partial charge in [-0.2, -0.15) is 0 Å². The summed E-state index contributed by atoms with van der Waals surface area (Å²) in [7, 11) is 0. The molecule has 1 atom stereocenters. The molecule has 0 spiro atoms. The molecule has 0 aliphatic heterocycles. The number of aryl methyl sites for hydroxylation is 1. The average molecular weight is 338 g/mol. The number of ether oxygens (including phenoxy) is 1. The first-order valence-corrected chi connectivity index (χ1v) is 8.51. The van der Waals surface area contributed by atoms with E-state index in [4.69, 9.17) is 9.15 Å². The Morgan fingerprint density at radius 3 is 2.96 bits per heavy atom. The van der Waals surface area contributed by atoms with E-state index in [2.05, 4.69) is 10.3 Å². The van der Waals surface area contributed by atoms with Crippen molar-refractivity contribution >= 4 is 16.9 Å². The van der Waals surface area contributed by atoms with Crippen molar-refractivity contribution in [3.05, 3.63) is 60.1 Å². The van der Waals surface area contributed by atoms with Crippen LogP contribution < -0.4 is 10.1 Å². The molecular weight excluding hydrogens is 316 g/mol. The maximum absolute atomic E-state index is 12.2. The average Bonchev–Trinajstić information content (AvgIpc) is 3.07. The van der Waals surface area contributed by atoms with Crippen LogP contribution in [-0.2, 0) is 11.2 Å². The Morgan fingerprint density at radius 1 is 1.32 bits per heavy atom. The third-order valence-electron chi connectivity index (χ3n) is 3.99. The third-order valence-corrected chi connectivity index (χ3v) is 3.99. The highest BCUT2D eigenvalue weighted by Crippen LogP contribution is 2.31. The number of nitrogens with one attached hydrogen (secondary N) is 1. The quantitative estimate of drug-likeness (QED) is 0.706. The van der Waals surface area contributed by atoms with Crippen molar-refractivity contribution in [2.24, 2.45) is 0 Å². The van der Waals surface area contributed by atoms with Gasteiger partial charge in [0.25, 0.3) is 0 Å². The number of furan rings is 1. The molecule has 2 heterocycles. The minimum Gasteiger partial charge on any atom is -0.490 e. The second kappa shape index (κ2) is 7.83. The lowest BCUT2D eigenvalue weighted by molar-refractivity contribution is -0.121. The Morgan fingerprint density at radius 2 is 2.20 bits per heavy atom. The molecule has 130 valence electrons. The number of pyridine rings is 1. The van der Waals surface area contributed by atoms with Crippen molar-refractivity contribution < 1.29 is 13.9 Å². The number of benzene rings is 1. The van der Waals surface area contributed by atoms with Crippen molar-refractivity contribution in [2.45, 2.75) is 32.7 Å². The fourth-order valence-corrected chi connectivity index (χ4v) is 2.73. The number of rotatable bonds is 7.